The molecule has 0 saturated heterocycles. The predicted molar refractivity (Wildman–Crippen MR) is 67.3 cm³/mol. The van der Waals surface area contributed by atoms with Crippen molar-refractivity contribution in [2.45, 2.75) is 32.2 Å². The molecule has 6 nitrogen and oxygen atoms in total. The van der Waals surface area contributed by atoms with Crippen LogP contribution in [0.3, 0.4) is 0 Å². The summed E-state index contributed by atoms with van der Waals surface area (Å²) in [4.78, 5) is 25.9. The van der Waals surface area contributed by atoms with Crippen molar-refractivity contribution >= 4 is 17.7 Å². The first kappa shape index (κ1) is 14.9. The van der Waals surface area contributed by atoms with Gasteiger partial charge in [0.2, 0.25) is 0 Å². The maximum absolute atomic E-state index is 12.9. The van der Waals surface area contributed by atoms with Crippen LogP contribution in [0.5, 0.6) is 0 Å². The molecule has 1 atom stereocenters. The molecule has 1 aromatic heterocycles. The second-order valence-electron chi connectivity index (χ2n) is 4.07. The van der Waals surface area contributed by atoms with Crippen LogP contribution in [-0.4, -0.2) is 28.1 Å². The van der Waals surface area contributed by atoms with Crippen LogP contribution in [0, 0.1) is 5.82 Å². The van der Waals surface area contributed by atoms with E-state index in [1.807, 2.05) is 6.92 Å². The summed E-state index contributed by atoms with van der Waals surface area (Å²) in [5.74, 6) is -1.54. The molecule has 1 unspecified atom stereocenters. The molecule has 0 fully saturated rings. The highest BCUT2D eigenvalue weighted by Crippen LogP contribution is 2.07. The smallest absolute Gasteiger partial charge is 0.319 e. The van der Waals surface area contributed by atoms with Gasteiger partial charge in [-0.2, -0.15) is 0 Å². The maximum Gasteiger partial charge on any atom is 0.319 e. The van der Waals surface area contributed by atoms with Crippen molar-refractivity contribution in [3.05, 3.63) is 24.3 Å². The molecule has 2 amide bonds. The number of anilines is 1. The summed E-state index contributed by atoms with van der Waals surface area (Å²) >= 11 is 0. The minimum Gasteiger partial charge on any atom is -0.481 e. The number of amides is 2. The number of aliphatic carboxylic acids is 1. The number of rotatable bonds is 6. The summed E-state index contributed by atoms with van der Waals surface area (Å²) in [5.41, 5.74) is 0.211. The lowest BCUT2D eigenvalue weighted by atomic mass is 10.1. The number of nitrogens with one attached hydrogen (secondary N) is 2. The van der Waals surface area contributed by atoms with Gasteiger partial charge in [0.25, 0.3) is 0 Å². The molecule has 7 heteroatoms. The fourth-order valence-electron chi connectivity index (χ4n) is 1.62. The first-order valence-corrected chi connectivity index (χ1v) is 5.91. The van der Waals surface area contributed by atoms with Crippen LogP contribution in [0.15, 0.2) is 18.5 Å². The lowest BCUT2D eigenvalue weighted by molar-refractivity contribution is -0.137. The summed E-state index contributed by atoms with van der Waals surface area (Å²) < 4.78 is 12.9. The van der Waals surface area contributed by atoms with Gasteiger partial charge in [-0.25, -0.2) is 9.18 Å². The molecule has 1 rings (SSSR count). The van der Waals surface area contributed by atoms with E-state index in [1.165, 1.54) is 6.20 Å². The summed E-state index contributed by atoms with van der Waals surface area (Å²) in [7, 11) is 0. The van der Waals surface area contributed by atoms with E-state index in [2.05, 4.69) is 15.6 Å². The standard InChI is InChI=1S/C12H16FN3O3/c1-2-3-9(5-11(17)18)15-12(19)16-10-4-8(13)6-14-7-10/h4,6-7,9H,2-3,5H2,1H3,(H,17,18)(H2,15,16,19). The highest BCUT2D eigenvalue weighted by Gasteiger charge is 2.15. The van der Waals surface area contributed by atoms with E-state index in [0.29, 0.717) is 6.42 Å². The van der Waals surface area contributed by atoms with Gasteiger partial charge in [-0.15, -0.1) is 0 Å². The molecule has 0 bridgehead atoms. The number of hydrogen-bond donors (Lipinski definition) is 3. The number of carboxylic acid groups (broad SMARTS) is 1. The number of halogens is 1. The van der Waals surface area contributed by atoms with E-state index in [-0.39, 0.29) is 12.1 Å². The van der Waals surface area contributed by atoms with Gasteiger partial charge in [-0.3, -0.25) is 9.78 Å². The van der Waals surface area contributed by atoms with E-state index in [0.717, 1.165) is 18.7 Å². The zero-order valence-corrected chi connectivity index (χ0v) is 10.5. The maximum atomic E-state index is 12.9. The third kappa shape index (κ3) is 5.80. The molecule has 0 aliphatic rings. The van der Waals surface area contributed by atoms with Crippen LogP contribution < -0.4 is 10.6 Å². The predicted octanol–water partition coefficient (Wildman–Crippen LogP) is 1.99. The van der Waals surface area contributed by atoms with Gasteiger partial charge >= 0.3 is 12.0 Å². The highest BCUT2D eigenvalue weighted by molar-refractivity contribution is 5.89. The zero-order chi connectivity index (χ0) is 14.3. The Hall–Kier alpha value is -2.18. The molecule has 19 heavy (non-hydrogen) atoms. The van der Waals surface area contributed by atoms with Gasteiger partial charge in [0.1, 0.15) is 5.82 Å². The number of nitrogens with zero attached hydrogens (tertiary/aromatic N) is 1. The van der Waals surface area contributed by atoms with E-state index < -0.39 is 23.9 Å². The Morgan fingerprint density at radius 3 is 2.79 bits per heavy atom. The van der Waals surface area contributed by atoms with Crippen molar-refractivity contribution in [3.63, 3.8) is 0 Å². The summed E-state index contributed by atoms with van der Waals surface area (Å²) in [5, 5.41) is 13.7. The number of carbonyl (C=O) groups is 2. The van der Waals surface area contributed by atoms with Crippen LogP contribution in [-0.2, 0) is 4.79 Å². The average Bonchev–Trinajstić information content (AvgIpc) is 2.27. The molecule has 3 N–H and O–H groups in total. The Bertz CT molecular complexity index is 454. The molecule has 0 aromatic carbocycles. The molecule has 0 aliphatic heterocycles. The Labute approximate surface area is 110 Å². The Balaban J connectivity index is 2.54. The monoisotopic (exact) mass is 269 g/mol. The van der Waals surface area contributed by atoms with Crippen molar-refractivity contribution in [1.82, 2.24) is 10.3 Å². The quantitative estimate of drug-likeness (QED) is 0.736. The Kier molecular flexibility index (Phi) is 5.72. The van der Waals surface area contributed by atoms with E-state index in [9.17, 15) is 14.0 Å². The van der Waals surface area contributed by atoms with Crippen LogP contribution >= 0.6 is 0 Å². The fourth-order valence-corrected chi connectivity index (χ4v) is 1.62. The zero-order valence-electron chi connectivity index (χ0n) is 10.5. The van der Waals surface area contributed by atoms with Gasteiger partial charge in [0, 0.05) is 12.1 Å². The molecular weight excluding hydrogens is 253 g/mol. The van der Waals surface area contributed by atoms with Crippen LogP contribution in [0.4, 0.5) is 14.9 Å². The average molecular weight is 269 g/mol. The molecule has 1 aromatic rings. The summed E-state index contributed by atoms with van der Waals surface area (Å²) in [6, 6.07) is 0.0922. The van der Waals surface area contributed by atoms with E-state index in [1.54, 1.807) is 0 Å². The number of aromatic nitrogens is 1. The molecule has 0 radical (unpaired) electrons. The summed E-state index contributed by atoms with van der Waals surface area (Å²) in [6.45, 7) is 1.89. The number of carbonyl (C=O) groups excluding carboxylic acids is 1. The van der Waals surface area contributed by atoms with Crippen LogP contribution in [0.2, 0.25) is 0 Å². The van der Waals surface area contributed by atoms with Crippen LogP contribution in [0.25, 0.3) is 0 Å². The van der Waals surface area contributed by atoms with Crippen molar-refractivity contribution in [2.24, 2.45) is 0 Å². The van der Waals surface area contributed by atoms with Crippen molar-refractivity contribution in [3.8, 4) is 0 Å². The minimum atomic E-state index is -0.980. The number of hydrogen-bond acceptors (Lipinski definition) is 3. The van der Waals surface area contributed by atoms with Crippen molar-refractivity contribution < 1.29 is 19.1 Å². The number of pyridine rings is 1. The van der Waals surface area contributed by atoms with Gasteiger partial charge in [0.05, 0.1) is 24.5 Å². The first-order chi connectivity index (χ1) is 9.01. The number of urea groups is 1. The fraction of sp³-hybridized carbons (Fsp3) is 0.417. The van der Waals surface area contributed by atoms with Gasteiger partial charge < -0.3 is 15.7 Å². The highest BCUT2D eigenvalue weighted by atomic mass is 19.1. The minimum absolute atomic E-state index is 0.150. The third-order valence-electron chi connectivity index (χ3n) is 2.36. The SMILES string of the molecule is CCCC(CC(=O)O)NC(=O)Nc1cncc(F)c1. The number of carboxylic acids is 1. The van der Waals surface area contributed by atoms with E-state index in [4.69, 9.17) is 5.11 Å². The van der Waals surface area contributed by atoms with Gasteiger partial charge in [0.15, 0.2) is 0 Å². The molecule has 1 heterocycles. The summed E-state index contributed by atoms with van der Waals surface area (Å²) in [6.07, 6.45) is 3.48. The third-order valence-corrected chi connectivity index (χ3v) is 2.36. The second kappa shape index (κ2) is 7.30. The van der Waals surface area contributed by atoms with Gasteiger partial charge in [-0.1, -0.05) is 13.3 Å². The first-order valence-electron chi connectivity index (χ1n) is 5.91. The van der Waals surface area contributed by atoms with Crippen molar-refractivity contribution in [1.29, 1.82) is 0 Å². The second-order valence-corrected chi connectivity index (χ2v) is 4.07. The molecule has 104 valence electrons. The largest absolute Gasteiger partial charge is 0.481 e. The van der Waals surface area contributed by atoms with Gasteiger partial charge in [-0.05, 0) is 6.42 Å². The Morgan fingerprint density at radius 2 is 2.21 bits per heavy atom. The molecule has 0 saturated carbocycles. The normalized spacial score (nSPS) is 11.7. The lowest BCUT2D eigenvalue weighted by Crippen LogP contribution is -2.39. The lowest BCUT2D eigenvalue weighted by Gasteiger charge is -2.16. The molecule has 0 spiro atoms. The Morgan fingerprint density at radius 1 is 1.47 bits per heavy atom. The molecule has 0 aliphatic carbocycles. The molecular formula is C12H16FN3O3. The topological polar surface area (TPSA) is 91.3 Å². The van der Waals surface area contributed by atoms with Crippen molar-refractivity contribution in [2.75, 3.05) is 5.32 Å². The van der Waals surface area contributed by atoms with E-state index >= 15 is 0 Å². The van der Waals surface area contributed by atoms with Crippen LogP contribution in [0.1, 0.15) is 26.2 Å².